The molecule has 1 aliphatic carbocycles. The van der Waals surface area contributed by atoms with Gasteiger partial charge in [0.2, 0.25) is 0 Å². The summed E-state index contributed by atoms with van der Waals surface area (Å²) in [5.41, 5.74) is 2.95. The lowest BCUT2D eigenvalue weighted by Gasteiger charge is -2.28. The average Bonchev–Trinajstić information content (AvgIpc) is 3.93. The van der Waals surface area contributed by atoms with Crippen LogP contribution in [0.4, 0.5) is 16.3 Å². The molecule has 246 valence electrons. The number of amides is 2. The van der Waals surface area contributed by atoms with Crippen molar-refractivity contribution in [2.75, 3.05) is 56.2 Å². The fraction of sp³-hybridized carbons (Fsp3) is 0.429. The largest absolute Gasteiger partial charge is 0.445 e. The summed E-state index contributed by atoms with van der Waals surface area (Å²) < 4.78 is 12.9. The molecule has 2 aromatic carbocycles. The van der Waals surface area contributed by atoms with Gasteiger partial charge in [-0.25, -0.2) is 4.79 Å². The topological polar surface area (TPSA) is 118 Å². The standard InChI is InChI=1S/C35H40N6O5S/c42-33(25-12-14-26(15-13-25)40-18-20-45-21-19-40)37-32-31-29(41(38-32)35(44)46-27-10-4-5-11-27)22-30(47-31)34(43)36-28(23-39-16-6-7-17-39)24-8-2-1-3-9-24/h1-3,8-9,12-15,22,27-28H,4-7,10-11,16-21,23H2,(H,36,43)(H,37,38,42)/t28-/m1/s1. The van der Waals surface area contributed by atoms with Gasteiger partial charge in [-0.3, -0.25) is 9.59 Å². The Morgan fingerprint density at radius 2 is 1.64 bits per heavy atom. The maximum absolute atomic E-state index is 13.8. The molecule has 2 aromatic heterocycles. The van der Waals surface area contributed by atoms with Crippen LogP contribution < -0.4 is 15.5 Å². The maximum atomic E-state index is 13.8. The number of aromatic nitrogens is 2. The van der Waals surface area contributed by atoms with Crippen molar-refractivity contribution in [3.8, 4) is 0 Å². The molecule has 2 aliphatic heterocycles. The van der Waals surface area contributed by atoms with Gasteiger partial charge in [-0.2, -0.15) is 4.68 Å². The number of benzene rings is 2. The Labute approximate surface area is 277 Å². The van der Waals surface area contributed by atoms with E-state index >= 15 is 0 Å². The smallest absolute Gasteiger partial charge is 0.435 e. The second-order valence-corrected chi connectivity index (χ2v) is 13.5. The number of carbonyl (C=O) groups excluding carboxylic acids is 3. The quantitative estimate of drug-likeness (QED) is 0.236. The molecule has 0 bridgehead atoms. The molecule has 12 heteroatoms. The molecule has 11 nitrogen and oxygen atoms in total. The van der Waals surface area contributed by atoms with Crippen LogP contribution in [0.3, 0.4) is 0 Å². The molecule has 2 amide bonds. The highest BCUT2D eigenvalue weighted by atomic mass is 32.1. The summed E-state index contributed by atoms with van der Waals surface area (Å²) in [6, 6.07) is 18.9. The van der Waals surface area contributed by atoms with Crippen molar-refractivity contribution in [2.45, 2.75) is 50.7 Å². The minimum absolute atomic E-state index is 0.164. The van der Waals surface area contributed by atoms with Crippen LogP contribution in [0.1, 0.15) is 70.2 Å². The highest BCUT2D eigenvalue weighted by molar-refractivity contribution is 7.21. The van der Waals surface area contributed by atoms with Gasteiger partial charge in [-0.1, -0.05) is 30.3 Å². The summed E-state index contributed by atoms with van der Waals surface area (Å²) in [5, 5.41) is 10.6. The van der Waals surface area contributed by atoms with E-state index in [0.29, 0.717) is 40.4 Å². The molecular weight excluding hydrogens is 616 g/mol. The Balaban J connectivity index is 1.14. The van der Waals surface area contributed by atoms with E-state index in [0.717, 1.165) is 76.0 Å². The fourth-order valence-corrected chi connectivity index (χ4v) is 7.62. The molecule has 47 heavy (non-hydrogen) atoms. The summed E-state index contributed by atoms with van der Waals surface area (Å²) in [5.74, 6) is -0.388. The van der Waals surface area contributed by atoms with Crippen molar-refractivity contribution in [1.29, 1.82) is 0 Å². The van der Waals surface area contributed by atoms with Gasteiger partial charge in [-0.05, 0) is 87.5 Å². The number of likely N-dealkylation sites (tertiary alicyclic amines) is 1. The normalized spacial score (nSPS) is 18.0. The molecule has 7 rings (SSSR count). The number of thiophene rings is 1. The maximum Gasteiger partial charge on any atom is 0.435 e. The SMILES string of the molecule is O=C(Nc1nn(C(=O)OC2CCCC2)c2cc(C(=O)N[C@H](CN3CCCC3)c3ccccc3)sc12)c1ccc(N2CCOCC2)cc1. The molecule has 2 N–H and O–H groups in total. The lowest BCUT2D eigenvalue weighted by Crippen LogP contribution is -2.36. The van der Waals surface area contributed by atoms with E-state index in [1.807, 2.05) is 42.5 Å². The number of ether oxygens (including phenoxy) is 2. The van der Waals surface area contributed by atoms with E-state index in [9.17, 15) is 14.4 Å². The Morgan fingerprint density at radius 1 is 0.915 bits per heavy atom. The number of nitrogens with one attached hydrogen (secondary N) is 2. The van der Waals surface area contributed by atoms with E-state index < -0.39 is 6.09 Å². The number of rotatable bonds is 9. The lowest BCUT2D eigenvalue weighted by atomic mass is 10.1. The van der Waals surface area contributed by atoms with Crippen LogP contribution in [0.15, 0.2) is 60.7 Å². The van der Waals surface area contributed by atoms with Crippen molar-refractivity contribution < 1.29 is 23.9 Å². The van der Waals surface area contributed by atoms with Crippen molar-refractivity contribution in [2.24, 2.45) is 0 Å². The van der Waals surface area contributed by atoms with E-state index in [1.165, 1.54) is 16.0 Å². The summed E-state index contributed by atoms with van der Waals surface area (Å²) in [4.78, 5) is 45.6. The zero-order valence-corrected chi connectivity index (χ0v) is 27.2. The van der Waals surface area contributed by atoms with Crippen LogP contribution >= 0.6 is 11.3 Å². The predicted molar refractivity (Wildman–Crippen MR) is 181 cm³/mol. The van der Waals surface area contributed by atoms with Gasteiger partial charge in [-0.15, -0.1) is 16.4 Å². The lowest BCUT2D eigenvalue weighted by molar-refractivity contribution is 0.0929. The number of hydrogen-bond acceptors (Lipinski definition) is 9. The zero-order valence-electron chi connectivity index (χ0n) is 26.4. The van der Waals surface area contributed by atoms with Crippen molar-refractivity contribution in [1.82, 2.24) is 20.0 Å². The summed E-state index contributed by atoms with van der Waals surface area (Å²) >= 11 is 1.20. The number of anilines is 2. The second-order valence-electron chi connectivity index (χ2n) is 12.4. The molecule has 3 fully saturated rings. The van der Waals surface area contributed by atoms with Gasteiger partial charge in [0.1, 0.15) is 6.10 Å². The van der Waals surface area contributed by atoms with Crippen molar-refractivity contribution >= 4 is 51.0 Å². The first-order chi connectivity index (χ1) is 23.0. The first kappa shape index (κ1) is 31.3. The summed E-state index contributed by atoms with van der Waals surface area (Å²) in [6.45, 7) is 5.70. The minimum atomic E-state index is -0.613. The van der Waals surface area contributed by atoms with Gasteiger partial charge in [0.05, 0.1) is 34.3 Å². The molecule has 2 saturated heterocycles. The first-order valence-corrected chi connectivity index (χ1v) is 17.4. The number of nitrogens with zero attached hydrogens (tertiary/aromatic N) is 4. The van der Waals surface area contributed by atoms with E-state index in [1.54, 1.807) is 18.2 Å². The molecular formula is C35H40N6O5S. The first-order valence-electron chi connectivity index (χ1n) is 16.6. The van der Waals surface area contributed by atoms with Gasteiger partial charge < -0.3 is 29.9 Å². The van der Waals surface area contributed by atoms with E-state index in [-0.39, 0.29) is 29.8 Å². The number of morpholine rings is 1. The summed E-state index contributed by atoms with van der Waals surface area (Å²) in [6.07, 6.45) is 5.20. The third kappa shape index (κ3) is 7.19. The van der Waals surface area contributed by atoms with E-state index in [2.05, 4.69) is 25.5 Å². The van der Waals surface area contributed by atoms with Crippen LogP contribution in [-0.2, 0) is 9.47 Å². The molecule has 0 spiro atoms. The fourth-order valence-electron chi connectivity index (χ4n) is 6.64. The monoisotopic (exact) mass is 656 g/mol. The Kier molecular flexibility index (Phi) is 9.50. The number of carbonyl (C=O) groups is 3. The number of fused-ring (bicyclic) bond motifs is 1. The van der Waals surface area contributed by atoms with Crippen LogP contribution in [0.2, 0.25) is 0 Å². The van der Waals surface area contributed by atoms with Gasteiger partial charge in [0.25, 0.3) is 11.8 Å². The molecule has 1 atom stereocenters. The van der Waals surface area contributed by atoms with Crippen LogP contribution in [0.25, 0.3) is 10.2 Å². The van der Waals surface area contributed by atoms with Crippen molar-refractivity contribution in [3.05, 3.63) is 76.7 Å². The zero-order chi connectivity index (χ0) is 32.2. The Bertz CT molecular complexity index is 1700. The van der Waals surface area contributed by atoms with Gasteiger partial charge in [0, 0.05) is 30.9 Å². The molecule has 1 saturated carbocycles. The van der Waals surface area contributed by atoms with E-state index in [4.69, 9.17) is 9.47 Å². The molecule has 4 heterocycles. The van der Waals surface area contributed by atoms with Crippen LogP contribution in [0.5, 0.6) is 0 Å². The third-order valence-corrected chi connectivity index (χ3v) is 10.3. The highest BCUT2D eigenvalue weighted by Gasteiger charge is 2.28. The Hall–Kier alpha value is -4.26. The molecule has 4 aromatic rings. The molecule has 0 unspecified atom stereocenters. The highest BCUT2D eigenvalue weighted by Crippen LogP contribution is 2.34. The second kappa shape index (κ2) is 14.2. The van der Waals surface area contributed by atoms with Crippen LogP contribution in [-0.4, -0.2) is 84.6 Å². The van der Waals surface area contributed by atoms with Crippen LogP contribution in [0, 0.1) is 0 Å². The average molecular weight is 657 g/mol. The third-order valence-electron chi connectivity index (χ3n) is 9.21. The van der Waals surface area contributed by atoms with Gasteiger partial charge >= 0.3 is 6.09 Å². The van der Waals surface area contributed by atoms with Gasteiger partial charge in [0.15, 0.2) is 5.82 Å². The predicted octanol–water partition coefficient (Wildman–Crippen LogP) is 5.68. The van der Waals surface area contributed by atoms with Crippen molar-refractivity contribution in [3.63, 3.8) is 0 Å². The molecule has 3 aliphatic rings. The minimum Gasteiger partial charge on any atom is -0.445 e. The number of hydrogen-bond donors (Lipinski definition) is 2. The molecule has 0 radical (unpaired) electrons. The Morgan fingerprint density at radius 3 is 2.36 bits per heavy atom. The summed E-state index contributed by atoms with van der Waals surface area (Å²) in [7, 11) is 0.